The predicted octanol–water partition coefficient (Wildman–Crippen LogP) is 15.6. The lowest BCUT2D eigenvalue weighted by Crippen LogP contribution is -2.28. The third kappa shape index (κ3) is 5.61. The average Bonchev–Trinajstić information content (AvgIpc) is 3.74. The molecule has 9 aromatic carbocycles. The maximum absolute atomic E-state index is 2.42. The number of nitrogens with zero attached hydrogens (tertiary/aromatic N) is 1. The summed E-state index contributed by atoms with van der Waals surface area (Å²) in [4.78, 5) is 2.42. The Morgan fingerprint density at radius 2 is 0.767 bits per heavy atom. The fourth-order valence-electron chi connectivity index (χ4n) is 10.2. The van der Waals surface area contributed by atoms with Crippen molar-refractivity contribution in [1.29, 1.82) is 0 Å². The number of benzene rings is 9. The van der Waals surface area contributed by atoms with Crippen LogP contribution < -0.4 is 4.90 Å². The van der Waals surface area contributed by atoms with Gasteiger partial charge in [-0.1, -0.05) is 202 Å². The minimum atomic E-state index is -0.436. The highest BCUT2D eigenvalue weighted by atomic mass is 15.1. The zero-order chi connectivity index (χ0) is 39.6. The van der Waals surface area contributed by atoms with Crippen LogP contribution in [0.3, 0.4) is 0 Å². The highest BCUT2D eigenvalue weighted by Gasteiger charge is 2.46. The summed E-state index contributed by atoms with van der Waals surface area (Å²) in [5, 5.41) is 0. The van der Waals surface area contributed by atoms with E-state index < -0.39 is 5.41 Å². The molecular weight excluding hydrogens is 723 g/mol. The van der Waals surface area contributed by atoms with Gasteiger partial charge < -0.3 is 12.3 Å². The van der Waals surface area contributed by atoms with E-state index in [1.54, 1.807) is 0 Å². The zero-order valence-corrected chi connectivity index (χ0v) is 34.3. The van der Waals surface area contributed by atoms with Gasteiger partial charge in [-0.2, -0.15) is 0 Å². The summed E-state index contributed by atoms with van der Waals surface area (Å²) >= 11 is 0. The summed E-state index contributed by atoms with van der Waals surface area (Å²) in [5.41, 5.74) is 20.9. The zero-order valence-electron chi connectivity index (χ0n) is 34.3. The quantitative estimate of drug-likeness (QED) is 0.146. The van der Waals surface area contributed by atoms with E-state index in [1.165, 1.54) is 77.9 Å². The largest absolute Gasteiger partial charge is 0.358 e. The normalized spacial score (nSPS) is 13.6. The lowest BCUT2D eigenvalue weighted by Gasteiger charge is -2.34. The molecule has 288 valence electrons. The van der Waals surface area contributed by atoms with E-state index in [4.69, 9.17) is 0 Å². The minimum absolute atomic E-state index is 0. The predicted molar refractivity (Wildman–Crippen MR) is 253 cm³/mol. The van der Waals surface area contributed by atoms with Crippen LogP contribution in [0.2, 0.25) is 0 Å². The van der Waals surface area contributed by atoms with Crippen molar-refractivity contribution in [3.8, 4) is 44.5 Å². The van der Waals surface area contributed by atoms with Crippen molar-refractivity contribution in [3.63, 3.8) is 0 Å². The molecule has 0 fully saturated rings. The summed E-state index contributed by atoms with van der Waals surface area (Å²) < 4.78 is 0. The molecule has 9 aromatic rings. The van der Waals surface area contributed by atoms with Crippen LogP contribution in [-0.4, -0.2) is 0 Å². The Kier molecular flexibility index (Phi) is 8.99. The Bertz CT molecular complexity index is 2940. The summed E-state index contributed by atoms with van der Waals surface area (Å²) in [6, 6.07) is 82.8. The smallest absolute Gasteiger partial charge is 0.0713 e. The third-order valence-corrected chi connectivity index (χ3v) is 13.0. The molecule has 0 saturated carbocycles. The Hall–Kier alpha value is -7.22. The molecule has 0 saturated heterocycles. The monoisotopic (exact) mass is 768 g/mol. The average molecular weight is 769 g/mol. The molecule has 60 heavy (non-hydrogen) atoms. The van der Waals surface area contributed by atoms with E-state index >= 15 is 0 Å². The molecule has 0 amide bonds. The van der Waals surface area contributed by atoms with Gasteiger partial charge in [-0.05, 0) is 114 Å². The summed E-state index contributed by atoms with van der Waals surface area (Å²) in [6.45, 7) is 4.71. The van der Waals surface area contributed by atoms with Crippen molar-refractivity contribution in [2.24, 2.45) is 0 Å². The molecule has 0 radical (unpaired) electrons. The molecule has 0 bridgehead atoms. The first kappa shape index (κ1) is 37.1. The molecule has 0 aliphatic heterocycles. The van der Waals surface area contributed by atoms with Crippen LogP contribution in [0.5, 0.6) is 0 Å². The Labute approximate surface area is 354 Å². The summed E-state index contributed by atoms with van der Waals surface area (Å²) in [5.74, 6) is 0. The van der Waals surface area contributed by atoms with Gasteiger partial charge in [0.1, 0.15) is 0 Å². The molecule has 11 rings (SSSR count). The number of anilines is 3. The first-order valence-electron chi connectivity index (χ1n) is 20.7. The highest BCUT2D eigenvalue weighted by molar-refractivity contribution is 5.96. The van der Waals surface area contributed by atoms with Crippen LogP contribution in [0.4, 0.5) is 17.1 Å². The molecule has 2 aliphatic rings. The van der Waals surface area contributed by atoms with Crippen LogP contribution in [0, 0.1) is 7.43 Å². The highest BCUT2D eigenvalue weighted by Crippen LogP contribution is 2.58. The van der Waals surface area contributed by atoms with Gasteiger partial charge in [0.2, 0.25) is 0 Å². The molecule has 0 atom stereocenters. The maximum Gasteiger partial charge on any atom is 0.0713 e. The number of hydrogen-bond acceptors (Lipinski definition) is 1. The van der Waals surface area contributed by atoms with Crippen LogP contribution in [0.15, 0.2) is 224 Å². The van der Waals surface area contributed by atoms with Crippen LogP contribution in [-0.2, 0) is 10.8 Å². The van der Waals surface area contributed by atoms with Gasteiger partial charge in [0.05, 0.1) is 5.41 Å². The molecular formula is C59H46N-. The van der Waals surface area contributed by atoms with Crippen molar-refractivity contribution in [2.75, 3.05) is 4.90 Å². The SMILES string of the molecule is CC1(C)c2ccccc2-c2ccc(N(c3ccc(-c4ccccc4)cc3)c3ccc(-c4cccc5c4-c4ccccc4C5(c4ccccc4)c4ccccc4)cc3)cc21.[CH3-]. The standard InChI is InChI=1S/C58H43N.CH3/c1-57(2)52-26-14-12-23-49(52)50-38-37-47(39-55(50)57)59(45-33-29-41(30-34-45)40-17-6-3-7-18-40)46-35-31-42(32-36-46)48-25-16-28-54-56(48)51-24-13-15-27-53(51)58(54,43-19-8-4-9-20-43)44-21-10-5-11-22-44;/h3-39H,1-2H3;1H3/q;-1. The third-order valence-electron chi connectivity index (χ3n) is 13.0. The topological polar surface area (TPSA) is 3.24 Å². The molecule has 0 unspecified atom stereocenters. The van der Waals surface area contributed by atoms with Gasteiger partial charge >= 0.3 is 0 Å². The second kappa shape index (κ2) is 14.6. The number of rotatable bonds is 7. The van der Waals surface area contributed by atoms with E-state index in [1.807, 2.05) is 0 Å². The minimum Gasteiger partial charge on any atom is -0.358 e. The van der Waals surface area contributed by atoms with Gasteiger partial charge in [-0.25, -0.2) is 0 Å². The van der Waals surface area contributed by atoms with Gasteiger partial charge in [0.15, 0.2) is 0 Å². The molecule has 0 N–H and O–H groups in total. The Morgan fingerprint density at radius 3 is 1.40 bits per heavy atom. The first-order valence-corrected chi connectivity index (χ1v) is 20.7. The lowest BCUT2D eigenvalue weighted by atomic mass is 9.67. The van der Waals surface area contributed by atoms with Crippen molar-refractivity contribution >= 4 is 17.1 Å². The van der Waals surface area contributed by atoms with E-state index in [-0.39, 0.29) is 12.8 Å². The van der Waals surface area contributed by atoms with Gasteiger partial charge in [0, 0.05) is 22.5 Å². The van der Waals surface area contributed by atoms with Crippen molar-refractivity contribution < 1.29 is 0 Å². The van der Waals surface area contributed by atoms with E-state index in [0.717, 1.165) is 17.1 Å². The second-order valence-corrected chi connectivity index (χ2v) is 16.5. The number of fused-ring (bicyclic) bond motifs is 6. The lowest BCUT2D eigenvalue weighted by molar-refractivity contribution is 0.660. The first-order chi connectivity index (χ1) is 29.0. The van der Waals surface area contributed by atoms with E-state index in [9.17, 15) is 0 Å². The Morgan fingerprint density at radius 1 is 0.317 bits per heavy atom. The van der Waals surface area contributed by atoms with Crippen LogP contribution in [0.25, 0.3) is 44.5 Å². The molecule has 0 spiro atoms. The molecule has 0 heterocycles. The summed E-state index contributed by atoms with van der Waals surface area (Å²) in [6.07, 6.45) is 0. The fraction of sp³-hybridized carbons (Fsp3) is 0.0678. The van der Waals surface area contributed by atoms with E-state index in [2.05, 4.69) is 243 Å². The summed E-state index contributed by atoms with van der Waals surface area (Å²) in [7, 11) is 0. The number of hydrogen-bond donors (Lipinski definition) is 0. The molecule has 0 aromatic heterocycles. The van der Waals surface area contributed by atoms with Crippen molar-refractivity contribution in [1.82, 2.24) is 0 Å². The molecule has 1 heteroatoms. The maximum atomic E-state index is 2.42. The van der Waals surface area contributed by atoms with Gasteiger partial charge in [-0.3, -0.25) is 0 Å². The van der Waals surface area contributed by atoms with Crippen molar-refractivity contribution in [2.45, 2.75) is 24.7 Å². The van der Waals surface area contributed by atoms with Gasteiger partial charge in [-0.15, -0.1) is 0 Å². The fourth-order valence-corrected chi connectivity index (χ4v) is 10.2. The molecule has 1 nitrogen and oxygen atoms in total. The van der Waals surface area contributed by atoms with Crippen molar-refractivity contribution in [3.05, 3.63) is 265 Å². The Balaban J connectivity index is 0.00000433. The van der Waals surface area contributed by atoms with E-state index in [0.29, 0.717) is 0 Å². The second-order valence-electron chi connectivity index (χ2n) is 16.5. The molecule has 2 aliphatic carbocycles. The van der Waals surface area contributed by atoms with Gasteiger partial charge in [0.25, 0.3) is 0 Å². The van der Waals surface area contributed by atoms with Crippen LogP contribution in [0.1, 0.15) is 47.2 Å². The van der Waals surface area contributed by atoms with Crippen LogP contribution >= 0.6 is 0 Å².